The molecule has 1 aliphatic heterocycles. The number of hydrogen-bond donors (Lipinski definition) is 1. The van der Waals surface area contributed by atoms with Crippen molar-refractivity contribution in [2.45, 2.75) is 18.0 Å². The number of hydrogen-bond acceptors (Lipinski definition) is 4. The van der Waals surface area contributed by atoms with Gasteiger partial charge in [0.05, 0.1) is 11.2 Å². The van der Waals surface area contributed by atoms with E-state index in [1.54, 1.807) is 7.05 Å². The van der Waals surface area contributed by atoms with Crippen molar-refractivity contribution in [3.05, 3.63) is 11.2 Å². The zero-order chi connectivity index (χ0) is 12.6. The lowest BCUT2D eigenvalue weighted by Gasteiger charge is -2.30. The van der Waals surface area contributed by atoms with Crippen molar-refractivity contribution in [3.63, 3.8) is 0 Å². The van der Waals surface area contributed by atoms with Gasteiger partial charge in [0.25, 0.3) is 10.0 Å². The van der Waals surface area contributed by atoms with Crippen LogP contribution in [0.3, 0.4) is 0 Å². The molecule has 0 spiro atoms. The number of rotatable bonds is 2. The molecule has 1 N–H and O–H groups in total. The summed E-state index contributed by atoms with van der Waals surface area (Å²) in [5.74, 6) is 0. The SMILES string of the molecule is C[C@@H]1CN(S(=O)(=O)c2c(Cl)cnn2C)CCN1. The van der Waals surface area contributed by atoms with Crippen LogP contribution < -0.4 is 5.32 Å². The number of sulfonamides is 1. The third kappa shape index (κ3) is 2.33. The van der Waals surface area contributed by atoms with E-state index >= 15 is 0 Å². The van der Waals surface area contributed by atoms with Gasteiger partial charge in [0.1, 0.15) is 0 Å². The maximum absolute atomic E-state index is 12.4. The number of nitrogens with one attached hydrogen (secondary N) is 1. The van der Waals surface area contributed by atoms with Gasteiger partial charge in [-0.3, -0.25) is 4.68 Å². The summed E-state index contributed by atoms with van der Waals surface area (Å²) in [5.41, 5.74) is 0. The van der Waals surface area contributed by atoms with E-state index in [0.29, 0.717) is 19.6 Å². The van der Waals surface area contributed by atoms with Crippen molar-refractivity contribution in [2.75, 3.05) is 19.6 Å². The Labute approximate surface area is 106 Å². The lowest BCUT2D eigenvalue weighted by molar-refractivity contribution is 0.308. The van der Waals surface area contributed by atoms with Crippen LogP contribution in [0.5, 0.6) is 0 Å². The predicted octanol–water partition coefficient (Wildman–Crippen LogP) is 0.0559. The van der Waals surface area contributed by atoms with E-state index in [-0.39, 0.29) is 16.1 Å². The molecule has 17 heavy (non-hydrogen) atoms. The average Bonchev–Trinajstić information content (AvgIpc) is 2.59. The summed E-state index contributed by atoms with van der Waals surface area (Å²) < 4.78 is 27.5. The van der Waals surface area contributed by atoms with E-state index in [2.05, 4.69) is 10.4 Å². The largest absolute Gasteiger partial charge is 0.312 e. The van der Waals surface area contributed by atoms with Crippen LogP contribution in [0.1, 0.15) is 6.92 Å². The molecule has 1 aliphatic rings. The normalized spacial score (nSPS) is 22.9. The number of aryl methyl sites for hydroxylation is 1. The van der Waals surface area contributed by atoms with Crippen LogP contribution in [0.25, 0.3) is 0 Å². The maximum atomic E-state index is 12.4. The summed E-state index contributed by atoms with van der Waals surface area (Å²) in [6.45, 7) is 3.50. The minimum Gasteiger partial charge on any atom is -0.312 e. The van der Waals surface area contributed by atoms with Gasteiger partial charge < -0.3 is 5.32 Å². The maximum Gasteiger partial charge on any atom is 0.261 e. The number of nitrogens with zero attached hydrogens (tertiary/aromatic N) is 3. The standard InChI is InChI=1S/C9H15ClN4O2S/c1-7-6-14(4-3-11-7)17(15,16)9-8(10)5-12-13(9)2/h5,7,11H,3-4,6H2,1-2H3/t7-/m1/s1. The Morgan fingerprint density at radius 3 is 2.82 bits per heavy atom. The highest BCUT2D eigenvalue weighted by atomic mass is 35.5. The van der Waals surface area contributed by atoms with E-state index in [4.69, 9.17) is 11.6 Å². The van der Waals surface area contributed by atoms with Crippen molar-refractivity contribution in [3.8, 4) is 0 Å². The molecule has 2 rings (SSSR count). The van der Waals surface area contributed by atoms with Crippen LogP contribution in [0.4, 0.5) is 0 Å². The highest BCUT2D eigenvalue weighted by Gasteiger charge is 2.32. The van der Waals surface area contributed by atoms with Gasteiger partial charge in [-0.1, -0.05) is 11.6 Å². The van der Waals surface area contributed by atoms with Crippen LogP contribution in [0.15, 0.2) is 11.2 Å². The molecule has 1 fully saturated rings. The van der Waals surface area contributed by atoms with Gasteiger partial charge in [-0.05, 0) is 6.92 Å². The van der Waals surface area contributed by atoms with Gasteiger partial charge in [0.2, 0.25) is 0 Å². The molecule has 0 radical (unpaired) electrons. The topological polar surface area (TPSA) is 67.2 Å². The highest BCUT2D eigenvalue weighted by Crippen LogP contribution is 2.24. The number of aromatic nitrogens is 2. The molecule has 1 aromatic heterocycles. The molecule has 8 heteroatoms. The minimum absolute atomic E-state index is 0.0632. The summed E-state index contributed by atoms with van der Waals surface area (Å²) in [6, 6.07) is 0.144. The summed E-state index contributed by atoms with van der Waals surface area (Å²) >= 11 is 5.88. The van der Waals surface area contributed by atoms with Gasteiger partial charge in [-0.2, -0.15) is 9.40 Å². The summed E-state index contributed by atoms with van der Waals surface area (Å²) in [4.78, 5) is 0. The van der Waals surface area contributed by atoms with Crippen molar-refractivity contribution in [1.82, 2.24) is 19.4 Å². The molecular weight excluding hydrogens is 264 g/mol. The monoisotopic (exact) mass is 278 g/mol. The van der Waals surface area contributed by atoms with Crippen LogP contribution in [0.2, 0.25) is 5.02 Å². The molecule has 1 atom stereocenters. The number of piperazine rings is 1. The van der Waals surface area contributed by atoms with Gasteiger partial charge >= 0.3 is 0 Å². The van der Waals surface area contributed by atoms with Crippen molar-refractivity contribution in [1.29, 1.82) is 0 Å². The first-order valence-corrected chi connectivity index (χ1v) is 7.16. The van der Waals surface area contributed by atoms with Crippen molar-refractivity contribution < 1.29 is 8.42 Å². The molecular formula is C9H15ClN4O2S. The molecule has 0 unspecified atom stereocenters. The third-order valence-electron chi connectivity index (χ3n) is 2.76. The second kappa shape index (κ2) is 4.56. The second-order valence-corrected chi connectivity index (χ2v) is 6.40. The molecule has 6 nitrogen and oxygen atoms in total. The summed E-state index contributed by atoms with van der Waals surface area (Å²) in [6.07, 6.45) is 1.35. The lowest BCUT2D eigenvalue weighted by atomic mass is 10.3. The molecule has 2 heterocycles. The first kappa shape index (κ1) is 12.8. The lowest BCUT2D eigenvalue weighted by Crippen LogP contribution is -2.51. The van der Waals surface area contributed by atoms with E-state index in [1.807, 2.05) is 6.92 Å². The Balaban J connectivity index is 2.36. The average molecular weight is 279 g/mol. The molecule has 1 aromatic rings. The van der Waals surface area contributed by atoms with Crippen LogP contribution in [-0.2, 0) is 17.1 Å². The molecule has 0 bridgehead atoms. The highest BCUT2D eigenvalue weighted by molar-refractivity contribution is 7.89. The second-order valence-electron chi connectivity index (χ2n) is 4.14. The van der Waals surface area contributed by atoms with E-state index in [1.165, 1.54) is 15.2 Å². The minimum atomic E-state index is -3.55. The Morgan fingerprint density at radius 1 is 1.59 bits per heavy atom. The fourth-order valence-corrected chi connectivity index (χ4v) is 4.06. The predicted molar refractivity (Wildman–Crippen MR) is 64.4 cm³/mol. The zero-order valence-corrected chi connectivity index (χ0v) is 11.3. The van der Waals surface area contributed by atoms with E-state index in [9.17, 15) is 8.42 Å². The van der Waals surface area contributed by atoms with Crippen LogP contribution >= 0.6 is 11.6 Å². The van der Waals surface area contributed by atoms with Crippen LogP contribution in [0, 0.1) is 0 Å². The van der Waals surface area contributed by atoms with Gasteiger partial charge in [0.15, 0.2) is 5.03 Å². The fraction of sp³-hybridized carbons (Fsp3) is 0.667. The molecule has 96 valence electrons. The van der Waals surface area contributed by atoms with E-state index in [0.717, 1.165) is 0 Å². The molecule has 0 amide bonds. The van der Waals surface area contributed by atoms with Crippen molar-refractivity contribution >= 4 is 21.6 Å². The first-order valence-electron chi connectivity index (χ1n) is 5.34. The summed E-state index contributed by atoms with van der Waals surface area (Å²) in [7, 11) is -1.98. The fourth-order valence-electron chi connectivity index (χ4n) is 1.93. The van der Waals surface area contributed by atoms with E-state index < -0.39 is 10.0 Å². The van der Waals surface area contributed by atoms with Gasteiger partial charge in [-0.15, -0.1) is 0 Å². The zero-order valence-electron chi connectivity index (χ0n) is 9.72. The Kier molecular flexibility index (Phi) is 3.44. The van der Waals surface area contributed by atoms with Gasteiger partial charge in [-0.25, -0.2) is 8.42 Å². The molecule has 0 aliphatic carbocycles. The molecule has 0 saturated carbocycles. The summed E-state index contributed by atoms with van der Waals surface area (Å²) in [5, 5.41) is 7.29. The first-order chi connectivity index (χ1) is 7.93. The third-order valence-corrected chi connectivity index (χ3v) is 5.13. The Bertz CT molecular complexity index is 494. The van der Waals surface area contributed by atoms with Crippen molar-refractivity contribution in [2.24, 2.45) is 7.05 Å². The smallest absolute Gasteiger partial charge is 0.261 e. The molecule has 0 aromatic carbocycles. The Hall–Kier alpha value is -0.630. The van der Waals surface area contributed by atoms with Crippen LogP contribution in [-0.4, -0.2) is 48.2 Å². The Morgan fingerprint density at radius 2 is 2.29 bits per heavy atom. The number of halogens is 1. The van der Waals surface area contributed by atoms with Gasteiger partial charge in [0, 0.05) is 32.7 Å². The molecule has 1 saturated heterocycles. The quantitative estimate of drug-likeness (QED) is 0.830.